The number of halogens is 2. The van der Waals surface area contributed by atoms with Gasteiger partial charge >= 0.3 is 0 Å². The number of carbonyl (C=O) groups excluding carboxylic acids is 2. The molecular formula is C24H16BrFN2O3S2. The molecule has 5 nitrogen and oxygen atoms in total. The maximum absolute atomic E-state index is 13.2. The van der Waals surface area contributed by atoms with Crippen molar-refractivity contribution in [3.63, 3.8) is 0 Å². The van der Waals surface area contributed by atoms with E-state index in [1.807, 2.05) is 12.1 Å². The van der Waals surface area contributed by atoms with Crippen molar-refractivity contribution in [3.8, 4) is 5.75 Å². The number of nitrogens with zero attached hydrogens (tertiary/aromatic N) is 1. The number of methoxy groups -OCH3 is 1. The fraction of sp³-hybridized carbons (Fsp3) is 0.0417. The van der Waals surface area contributed by atoms with Gasteiger partial charge in [0.15, 0.2) is 4.32 Å². The van der Waals surface area contributed by atoms with E-state index in [-0.39, 0.29) is 11.8 Å². The van der Waals surface area contributed by atoms with Crippen LogP contribution in [0.2, 0.25) is 0 Å². The van der Waals surface area contributed by atoms with E-state index < -0.39 is 5.82 Å². The molecule has 0 aliphatic carbocycles. The molecule has 1 N–H and O–H groups in total. The Morgan fingerprint density at radius 2 is 1.91 bits per heavy atom. The number of thiocarbonyl (C=S) groups is 1. The van der Waals surface area contributed by atoms with Crippen molar-refractivity contribution in [1.82, 2.24) is 0 Å². The molecule has 0 bridgehead atoms. The summed E-state index contributed by atoms with van der Waals surface area (Å²) in [7, 11) is 1.56. The first-order valence-corrected chi connectivity index (χ1v) is 11.7. The Bertz CT molecular complexity index is 1300. The lowest BCUT2D eigenvalue weighted by atomic mass is 10.1. The maximum atomic E-state index is 13.2. The van der Waals surface area contributed by atoms with E-state index in [0.717, 1.165) is 10.0 Å². The van der Waals surface area contributed by atoms with E-state index in [1.165, 1.54) is 40.9 Å². The number of ether oxygens (including phenoxy) is 1. The van der Waals surface area contributed by atoms with Gasteiger partial charge in [-0.15, -0.1) is 0 Å². The fourth-order valence-electron chi connectivity index (χ4n) is 3.17. The van der Waals surface area contributed by atoms with E-state index in [9.17, 15) is 14.0 Å². The molecule has 1 fully saturated rings. The molecule has 1 heterocycles. The van der Waals surface area contributed by atoms with Crippen molar-refractivity contribution in [3.05, 3.63) is 93.1 Å². The summed E-state index contributed by atoms with van der Waals surface area (Å²) in [6.07, 6.45) is 1.73. The summed E-state index contributed by atoms with van der Waals surface area (Å²) in [4.78, 5) is 27.7. The third-order valence-electron chi connectivity index (χ3n) is 4.74. The SMILES string of the molecule is COc1ccc(Br)cc1/C=C1/SC(=S)N(c2cccc(C(=O)Nc3ccc(F)cc3)c2)C1=O. The van der Waals surface area contributed by atoms with Crippen molar-refractivity contribution in [2.45, 2.75) is 0 Å². The van der Waals surface area contributed by atoms with Gasteiger partial charge in [0, 0.05) is 21.3 Å². The molecule has 0 saturated carbocycles. The monoisotopic (exact) mass is 542 g/mol. The number of hydrogen-bond acceptors (Lipinski definition) is 5. The largest absolute Gasteiger partial charge is 0.496 e. The molecule has 0 spiro atoms. The standard InChI is InChI=1S/C24H16BrFN2O3S2/c1-31-20-10-5-16(25)11-15(20)13-21-23(30)28(24(32)33-21)19-4-2-3-14(12-19)22(29)27-18-8-6-17(26)7-9-18/h2-13H,1H3,(H,27,29)/b21-13+. The van der Waals surface area contributed by atoms with Crippen LogP contribution < -0.4 is 15.0 Å². The molecule has 3 aromatic rings. The van der Waals surface area contributed by atoms with Gasteiger partial charge in [-0.3, -0.25) is 14.5 Å². The van der Waals surface area contributed by atoms with Crippen LogP contribution in [0.5, 0.6) is 5.75 Å². The molecule has 2 amide bonds. The summed E-state index contributed by atoms with van der Waals surface area (Å²) < 4.78 is 19.7. The van der Waals surface area contributed by atoms with Crippen LogP contribution in [-0.2, 0) is 4.79 Å². The summed E-state index contributed by atoms with van der Waals surface area (Å²) in [5.74, 6) is -0.438. The van der Waals surface area contributed by atoms with E-state index in [1.54, 1.807) is 43.5 Å². The average Bonchev–Trinajstić information content (AvgIpc) is 3.08. The minimum absolute atomic E-state index is 0.289. The van der Waals surface area contributed by atoms with Crippen molar-refractivity contribution < 1.29 is 18.7 Å². The predicted octanol–water partition coefficient (Wildman–Crippen LogP) is 6.25. The van der Waals surface area contributed by atoms with Gasteiger partial charge in [-0.25, -0.2) is 4.39 Å². The lowest BCUT2D eigenvalue weighted by Gasteiger charge is -2.15. The highest BCUT2D eigenvalue weighted by Crippen LogP contribution is 2.37. The van der Waals surface area contributed by atoms with Crippen molar-refractivity contribution >= 4 is 73.5 Å². The summed E-state index contributed by atoms with van der Waals surface area (Å²) in [5, 5.41) is 2.71. The lowest BCUT2D eigenvalue weighted by molar-refractivity contribution is -0.113. The number of anilines is 2. The first-order chi connectivity index (χ1) is 15.9. The molecule has 1 saturated heterocycles. The third-order valence-corrected chi connectivity index (χ3v) is 6.54. The highest BCUT2D eigenvalue weighted by atomic mass is 79.9. The Morgan fingerprint density at radius 3 is 2.64 bits per heavy atom. The zero-order valence-electron chi connectivity index (χ0n) is 17.2. The maximum Gasteiger partial charge on any atom is 0.270 e. The van der Waals surface area contributed by atoms with E-state index in [0.29, 0.717) is 31.9 Å². The summed E-state index contributed by atoms with van der Waals surface area (Å²) >= 11 is 10.1. The first-order valence-electron chi connectivity index (χ1n) is 9.64. The van der Waals surface area contributed by atoms with E-state index in [4.69, 9.17) is 17.0 Å². The Balaban J connectivity index is 1.59. The van der Waals surface area contributed by atoms with Crippen LogP contribution >= 0.6 is 39.9 Å². The smallest absolute Gasteiger partial charge is 0.270 e. The van der Waals surface area contributed by atoms with Gasteiger partial charge in [0.1, 0.15) is 11.6 Å². The number of carbonyl (C=O) groups is 2. The highest BCUT2D eigenvalue weighted by Gasteiger charge is 2.33. The molecule has 0 unspecified atom stereocenters. The van der Waals surface area contributed by atoms with Crippen molar-refractivity contribution in [1.29, 1.82) is 0 Å². The van der Waals surface area contributed by atoms with Gasteiger partial charge in [-0.2, -0.15) is 0 Å². The zero-order valence-corrected chi connectivity index (χ0v) is 20.4. The number of amides is 2. The summed E-state index contributed by atoms with van der Waals surface area (Å²) in [5.41, 5.74) is 2.01. The Labute approximate surface area is 207 Å². The molecule has 166 valence electrons. The van der Waals surface area contributed by atoms with Gasteiger partial charge < -0.3 is 10.1 Å². The predicted molar refractivity (Wildman–Crippen MR) is 137 cm³/mol. The topological polar surface area (TPSA) is 58.6 Å². The second kappa shape index (κ2) is 9.86. The molecule has 4 rings (SSSR count). The van der Waals surface area contributed by atoms with Gasteiger partial charge in [-0.1, -0.05) is 46.0 Å². The van der Waals surface area contributed by atoms with Crippen molar-refractivity contribution in [2.24, 2.45) is 0 Å². The second-order valence-electron chi connectivity index (χ2n) is 6.91. The number of nitrogens with one attached hydrogen (secondary N) is 1. The van der Waals surface area contributed by atoms with Crippen LogP contribution in [0.25, 0.3) is 6.08 Å². The van der Waals surface area contributed by atoms with Crippen LogP contribution in [0.1, 0.15) is 15.9 Å². The number of benzene rings is 3. The number of rotatable bonds is 5. The highest BCUT2D eigenvalue weighted by molar-refractivity contribution is 9.10. The minimum atomic E-state index is -0.391. The van der Waals surface area contributed by atoms with Crippen LogP contribution in [0, 0.1) is 5.82 Å². The molecule has 1 aliphatic rings. The second-order valence-corrected chi connectivity index (χ2v) is 9.51. The Hall–Kier alpha value is -3.01. The van der Waals surface area contributed by atoms with Gasteiger partial charge in [0.05, 0.1) is 17.7 Å². The average molecular weight is 543 g/mol. The molecule has 9 heteroatoms. The van der Waals surface area contributed by atoms with Gasteiger partial charge in [0.2, 0.25) is 0 Å². The van der Waals surface area contributed by atoms with E-state index in [2.05, 4.69) is 21.2 Å². The first kappa shape index (κ1) is 23.2. The minimum Gasteiger partial charge on any atom is -0.496 e. The number of thioether (sulfide) groups is 1. The van der Waals surface area contributed by atoms with E-state index >= 15 is 0 Å². The Morgan fingerprint density at radius 1 is 1.15 bits per heavy atom. The van der Waals surface area contributed by atoms with Crippen LogP contribution in [0.4, 0.5) is 15.8 Å². The number of hydrogen-bond donors (Lipinski definition) is 1. The van der Waals surface area contributed by atoms with Crippen LogP contribution in [0.3, 0.4) is 0 Å². The lowest BCUT2D eigenvalue weighted by Crippen LogP contribution is -2.27. The molecule has 1 aliphatic heterocycles. The summed E-state index contributed by atoms with van der Waals surface area (Å²) in [6.45, 7) is 0. The summed E-state index contributed by atoms with van der Waals surface area (Å²) in [6, 6.07) is 17.6. The molecule has 3 aromatic carbocycles. The van der Waals surface area contributed by atoms with Crippen LogP contribution in [-0.4, -0.2) is 23.2 Å². The molecule has 33 heavy (non-hydrogen) atoms. The van der Waals surface area contributed by atoms with Gasteiger partial charge in [0.25, 0.3) is 11.8 Å². The fourth-order valence-corrected chi connectivity index (χ4v) is 4.84. The Kier molecular flexibility index (Phi) is 6.92. The zero-order chi connectivity index (χ0) is 23.5. The normalized spacial score (nSPS) is 14.6. The quantitative estimate of drug-likeness (QED) is 0.304. The molecular weight excluding hydrogens is 527 g/mol. The van der Waals surface area contributed by atoms with Gasteiger partial charge in [-0.05, 0) is 66.7 Å². The molecule has 0 aromatic heterocycles. The third kappa shape index (κ3) is 5.16. The molecule has 0 atom stereocenters. The van der Waals surface area contributed by atoms with Crippen LogP contribution in [0.15, 0.2) is 76.1 Å². The van der Waals surface area contributed by atoms with Crippen molar-refractivity contribution in [2.75, 3.05) is 17.3 Å². The molecule has 0 radical (unpaired) electrons.